The van der Waals surface area contributed by atoms with Gasteiger partial charge in [0.25, 0.3) is 0 Å². The van der Waals surface area contributed by atoms with Crippen molar-refractivity contribution in [2.45, 2.75) is 39.3 Å². The summed E-state index contributed by atoms with van der Waals surface area (Å²) in [6.45, 7) is 4.50. The zero-order valence-electron chi connectivity index (χ0n) is 14.0. The molecule has 1 fully saturated rings. The first kappa shape index (κ1) is 19.6. The Morgan fingerprint density at radius 2 is 1.88 bits per heavy atom. The molecule has 25 heavy (non-hydrogen) atoms. The summed E-state index contributed by atoms with van der Waals surface area (Å²) >= 11 is 5.56. The fourth-order valence-corrected chi connectivity index (χ4v) is 2.62. The summed E-state index contributed by atoms with van der Waals surface area (Å²) in [4.78, 5) is 24.6. The Balaban J connectivity index is 2.05. The fourth-order valence-electron chi connectivity index (χ4n) is 2.40. The number of nitrogens with one attached hydrogen (secondary N) is 2. The highest BCUT2D eigenvalue weighted by atomic mass is 35.5. The van der Waals surface area contributed by atoms with Gasteiger partial charge in [-0.2, -0.15) is 13.2 Å². The Kier molecular flexibility index (Phi) is 5.66. The molecule has 0 radical (unpaired) electrons. The quantitative estimate of drug-likeness (QED) is 0.729. The first-order valence-corrected chi connectivity index (χ1v) is 8.40. The molecule has 0 spiro atoms. The summed E-state index contributed by atoms with van der Waals surface area (Å²) in [5.41, 5.74) is -2.25. The van der Waals surface area contributed by atoms with Gasteiger partial charge in [-0.05, 0) is 43.4 Å². The van der Waals surface area contributed by atoms with Crippen LogP contribution in [0.15, 0.2) is 18.2 Å². The largest absolute Gasteiger partial charge is 0.417 e. The second-order valence-corrected chi connectivity index (χ2v) is 7.07. The number of carbonyl (C=O) groups is 2. The number of halogens is 4. The fraction of sp³-hybridized carbons (Fsp3) is 0.529. The van der Waals surface area contributed by atoms with Crippen LogP contribution in [-0.2, 0) is 15.8 Å². The number of hydrogen-bond donors (Lipinski definition) is 2. The molecule has 1 aromatic carbocycles. The molecule has 2 amide bonds. The van der Waals surface area contributed by atoms with Gasteiger partial charge in [0.1, 0.15) is 5.41 Å². The molecule has 1 aliphatic rings. The monoisotopic (exact) mass is 376 g/mol. The Morgan fingerprint density at radius 3 is 2.40 bits per heavy atom. The molecule has 0 atom stereocenters. The van der Waals surface area contributed by atoms with Gasteiger partial charge in [-0.15, -0.1) is 0 Å². The molecule has 138 valence electrons. The molecule has 1 aliphatic carbocycles. The minimum atomic E-state index is -4.62. The predicted octanol–water partition coefficient (Wildman–Crippen LogP) is 4.24. The van der Waals surface area contributed by atoms with E-state index in [1.54, 1.807) is 0 Å². The second-order valence-electron chi connectivity index (χ2n) is 6.67. The van der Waals surface area contributed by atoms with E-state index in [1.807, 2.05) is 13.8 Å². The zero-order chi connectivity index (χ0) is 18.8. The van der Waals surface area contributed by atoms with Crippen molar-refractivity contribution < 1.29 is 22.8 Å². The molecule has 0 aromatic heterocycles. The van der Waals surface area contributed by atoms with Crippen LogP contribution in [0.3, 0.4) is 0 Å². The molecule has 0 heterocycles. The van der Waals surface area contributed by atoms with Crippen LogP contribution in [0.4, 0.5) is 18.9 Å². The van der Waals surface area contributed by atoms with E-state index in [0.29, 0.717) is 25.3 Å². The molecular weight excluding hydrogens is 357 g/mol. The van der Waals surface area contributed by atoms with E-state index in [-0.39, 0.29) is 11.6 Å². The van der Waals surface area contributed by atoms with Crippen molar-refractivity contribution in [3.8, 4) is 0 Å². The number of alkyl halides is 3. The van der Waals surface area contributed by atoms with Crippen molar-refractivity contribution in [2.75, 3.05) is 11.9 Å². The lowest BCUT2D eigenvalue weighted by Gasteiger charge is -2.17. The summed E-state index contributed by atoms with van der Waals surface area (Å²) in [6.07, 6.45) is -3.07. The summed E-state index contributed by atoms with van der Waals surface area (Å²) in [6, 6.07) is 3.12. The van der Waals surface area contributed by atoms with Gasteiger partial charge in [-0.3, -0.25) is 9.59 Å². The van der Waals surface area contributed by atoms with Crippen LogP contribution in [0.1, 0.15) is 38.7 Å². The van der Waals surface area contributed by atoms with Gasteiger partial charge in [0.2, 0.25) is 11.8 Å². The normalized spacial score (nSPS) is 15.8. The van der Waals surface area contributed by atoms with Crippen LogP contribution in [0, 0.1) is 11.3 Å². The van der Waals surface area contributed by atoms with E-state index in [2.05, 4.69) is 10.6 Å². The van der Waals surface area contributed by atoms with Gasteiger partial charge in [-0.1, -0.05) is 25.4 Å². The molecule has 0 unspecified atom stereocenters. The van der Waals surface area contributed by atoms with E-state index >= 15 is 0 Å². The SMILES string of the molecule is CC(C)CCNC(=O)C1(C(=O)Nc2ccc(Cl)c(C(F)(F)F)c2)CC1. The van der Waals surface area contributed by atoms with Gasteiger partial charge in [0.15, 0.2) is 0 Å². The molecule has 2 N–H and O–H groups in total. The summed E-state index contributed by atoms with van der Waals surface area (Å²) in [7, 11) is 0. The summed E-state index contributed by atoms with van der Waals surface area (Å²) in [5.74, 6) is -0.556. The molecule has 2 rings (SSSR count). The first-order chi connectivity index (χ1) is 11.6. The molecule has 0 aliphatic heterocycles. The van der Waals surface area contributed by atoms with E-state index in [4.69, 9.17) is 11.6 Å². The smallest absolute Gasteiger partial charge is 0.355 e. The maximum atomic E-state index is 12.9. The molecule has 0 saturated heterocycles. The van der Waals surface area contributed by atoms with Crippen LogP contribution in [0.25, 0.3) is 0 Å². The van der Waals surface area contributed by atoms with E-state index in [0.717, 1.165) is 18.6 Å². The topological polar surface area (TPSA) is 58.2 Å². The first-order valence-electron chi connectivity index (χ1n) is 8.03. The maximum absolute atomic E-state index is 12.9. The maximum Gasteiger partial charge on any atom is 0.417 e. The minimum absolute atomic E-state index is 0.0389. The van der Waals surface area contributed by atoms with E-state index in [1.165, 1.54) is 6.07 Å². The molecular formula is C17H20ClF3N2O2. The third-order valence-electron chi connectivity index (χ3n) is 4.16. The Morgan fingerprint density at radius 1 is 1.24 bits per heavy atom. The highest BCUT2D eigenvalue weighted by molar-refractivity contribution is 6.31. The number of anilines is 1. The Hall–Kier alpha value is -1.76. The van der Waals surface area contributed by atoms with Crippen LogP contribution < -0.4 is 10.6 Å². The van der Waals surface area contributed by atoms with Crippen LogP contribution in [0.2, 0.25) is 5.02 Å². The zero-order valence-corrected chi connectivity index (χ0v) is 14.7. The highest BCUT2D eigenvalue weighted by Crippen LogP contribution is 2.47. The number of amides is 2. The van der Waals surface area contributed by atoms with Crippen molar-refractivity contribution in [2.24, 2.45) is 11.3 Å². The van der Waals surface area contributed by atoms with Gasteiger partial charge in [0.05, 0.1) is 10.6 Å². The van der Waals surface area contributed by atoms with Gasteiger partial charge in [-0.25, -0.2) is 0 Å². The van der Waals surface area contributed by atoms with Crippen molar-refractivity contribution in [1.82, 2.24) is 5.32 Å². The highest BCUT2D eigenvalue weighted by Gasteiger charge is 2.56. The standard InChI is InChI=1S/C17H20ClF3N2O2/c1-10(2)5-8-22-14(24)16(6-7-16)15(25)23-11-3-4-13(18)12(9-11)17(19,20)21/h3-4,9-10H,5-8H2,1-2H3,(H,22,24)(H,23,25). The minimum Gasteiger partial charge on any atom is -0.355 e. The third-order valence-corrected chi connectivity index (χ3v) is 4.49. The number of carbonyl (C=O) groups excluding carboxylic acids is 2. The average Bonchev–Trinajstić information content (AvgIpc) is 3.29. The third kappa shape index (κ3) is 4.66. The lowest BCUT2D eigenvalue weighted by atomic mass is 10.0. The number of rotatable bonds is 6. The van der Waals surface area contributed by atoms with Crippen molar-refractivity contribution in [3.05, 3.63) is 28.8 Å². The van der Waals surface area contributed by atoms with Crippen LogP contribution >= 0.6 is 11.6 Å². The van der Waals surface area contributed by atoms with Gasteiger partial charge >= 0.3 is 6.18 Å². The lowest BCUT2D eigenvalue weighted by Crippen LogP contribution is -2.40. The van der Waals surface area contributed by atoms with Gasteiger partial charge in [0, 0.05) is 12.2 Å². The summed E-state index contributed by atoms with van der Waals surface area (Å²) < 4.78 is 38.7. The molecule has 1 aromatic rings. The predicted molar refractivity (Wildman–Crippen MR) is 89.2 cm³/mol. The van der Waals surface area contributed by atoms with Crippen LogP contribution in [-0.4, -0.2) is 18.4 Å². The number of hydrogen-bond acceptors (Lipinski definition) is 2. The van der Waals surface area contributed by atoms with E-state index < -0.39 is 28.1 Å². The second kappa shape index (κ2) is 7.23. The Labute approximate surface area is 149 Å². The Bertz CT molecular complexity index is 670. The van der Waals surface area contributed by atoms with Crippen LogP contribution in [0.5, 0.6) is 0 Å². The average molecular weight is 377 g/mol. The molecule has 1 saturated carbocycles. The molecule has 8 heteroatoms. The lowest BCUT2D eigenvalue weighted by molar-refractivity contribution is -0.138. The van der Waals surface area contributed by atoms with E-state index in [9.17, 15) is 22.8 Å². The molecule has 0 bridgehead atoms. The van der Waals surface area contributed by atoms with Crippen molar-refractivity contribution >= 4 is 29.1 Å². The summed E-state index contributed by atoms with van der Waals surface area (Å²) in [5, 5.41) is 4.69. The van der Waals surface area contributed by atoms with Crippen molar-refractivity contribution in [1.29, 1.82) is 0 Å². The van der Waals surface area contributed by atoms with Gasteiger partial charge < -0.3 is 10.6 Å². The number of benzene rings is 1. The van der Waals surface area contributed by atoms with Crippen molar-refractivity contribution in [3.63, 3.8) is 0 Å². The molecule has 4 nitrogen and oxygen atoms in total.